The molecular weight excluding hydrogens is 284 g/mol. The first-order chi connectivity index (χ1) is 9.86. The van der Waals surface area contributed by atoms with E-state index in [1.165, 1.54) is 25.3 Å². The van der Waals surface area contributed by atoms with Gasteiger partial charge < -0.3 is 20.3 Å². The zero-order chi connectivity index (χ0) is 15.6. The van der Waals surface area contributed by atoms with Crippen LogP contribution in [0.5, 0.6) is 11.5 Å². The highest BCUT2D eigenvalue weighted by molar-refractivity contribution is 5.84. The number of methoxy groups -OCH3 is 1. The fourth-order valence-electron chi connectivity index (χ4n) is 1.97. The van der Waals surface area contributed by atoms with Crippen molar-refractivity contribution in [3.63, 3.8) is 0 Å². The van der Waals surface area contributed by atoms with Crippen LogP contribution in [-0.4, -0.2) is 35.3 Å². The molecule has 0 saturated heterocycles. The number of aliphatic hydroxyl groups excluding tert-OH is 1. The van der Waals surface area contributed by atoms with E-state index in [9.17, 15) is 23.8 Å². The Balaban J connectivity index is 1.97. The Labute approximate surface area is 120 Å². The smallest absolute Gasteiger partial charge is 0.349 e. The third-order valence-electron chi connectivity index (χ3n) is 3.44. The summed E-state index contributed by atoms with van der Waals surface area (Å²) >= 11 is 0. The molecule has 0 radical (unpaired) electrons. The minimum Gasteiger partial charge on any atom is -0.504 e. The van der Waals surface area contributed by atoms with E-state index < -0.39 is 23.9 Å². The zero-order valence-electron chi connectivity index (χ0n) is 11.5. The predicted octanol–water partition coefficient (Wildman–Crippen LogP) is 1.42. The van der Waals surface area contributed by atoms with Crippen LogP contribution >= 0.6 is 0 Å². The zero-order valence-corrected chi connectivity index (χ0v) is 11.5. The molecule has 3 N–H and O–H groups in total. The number of phenolic OH excluding ortho intramolecular Hbond substituents is 1. The van der Waals surface area contributed by atoms with Gasteiger partial charge in [-0.25, -0.2) is 0 Å². The number of aromatic hydroxyl groups is 1. The molecule has 1 aromatic carbocycles. The number of amides is 1. The minimum atomic E-state index is -3.80. The summed E-state index contributed by atoms with van der Waals surface area (Å²) in [5.41, 5.74) is 0.495. The molecule has 21 heavy (non-hydrogen) atoms. The van der Waals surface area contributed by atoms with Crippen molar-refractivity contribution in [2.75, 3.05) is 7.11 Å². The lowest BCUT2D eigenvalue weighted by Crippen LogP contribution is -2.49. The van der Waals surface area contributed by atoms with Crippen LogP contribution in [0.2, 0.25) is 0 Å². The number of ether oxygens (including phenoxy) is 1. The molecule has 5 nitrogen and oxygen atoms in total. The monoisotopic (exact) mass is 301 g/mol. The molecule has 1 aliphatic carbocycles. The lowest BCUT2D eigenvalue weighted by atomic mass is 10.1. The maximum Gasteiger partial charge on any atom is 0.349 e. The summed E-state index contributed by atoms with van der Waals surface area (Å²) < 4.78 is 32.3. The molecule has 2 rings (SSSR count). The van der Waals surface area contributed by atoms with Gasteiger partial charge in [0.15, 0.2) is 11.5 Å². The van der Waals surface area contributed by atoms with Crippen LogP contribution in [0, 0.1) is 5.92 Å². The first kappa shape index (κ1) is 15.5. The molecule has 1 aromatic rings. The van der Waals surface area contributed by atoms with E-state index in [4.69, 9.17) is 4.74 Å². The Bertz CT molecular complexity index is 532. The fourth-order valence-corrected chi connectivity index (χ4v) is 1.97. The highest BCUT2D eigenvalue weighted by Gasteiger charge is 2.52. The summed E-state index contributed by atoms with van der Waals surface area (Å²) in [6.07, 6.45) is -0.912. The number of carbonyl (C=O) groups excluding carboxylic acids is 1. The van der Waals surface area contributed by atoms with Crippen LogP contribution in [0.15, 0.2) is 18.2 Å². The summed E-state index contributed by atoms with van der Waals surface area (Å²) in [5.74, 6) is -5.70. The third-order valence-corrected chi connectivity index (χ3v) is 3.44. The second kappa shape index (κ2) is 5.85. The van der Waals surface area contributed by atoms with Crippen LogP contribution in [0.3, 0.4) is 0 Å². The molecule has 7 heteroatoms. The Hall–Kier alpha value is -1.89. The van der Waals surface area contributed by atoms with Gasteiger partial charge in [-0.2, -0.15) is 8.78 Å². The number of rotatable bonds is 6. The molecule has 1 fully saturated rings. The average Bonchev–Trinajstić information content (AvgIpc) is 3.29. The van der Waals surface area contributed by atoms with Crippen LogP contribution in [0.4, 0.5) is 8.78 Å². The topological polar surface area (TPSA) is 78.8 Å². The van der Waals surface area contributed by atoms with Gasteiger partial charge in [-0.3, -0.25) is 4.79 Å². The average molecular weight is 301 g/mol. The number of alkyl halides is 2. The fraction of sp³-hybridized carbons (Fsp3) is 0.500. The number of halogens is 2. The van der Waals surface area contributed by atoms with Gasteiger partial charge in [0.05, 0.1) is 7.11 Å². The molecule has 0 aromatic heterocycles. The van der Waals surface area contributed by atoms with Crippen molar-refractivity contribution in [2.45, 2.75) is 31.4 Å². The van der Waals surface area contributed by atoms with E-state index in [2.05, 4.69) is 5.32 Å². The second-order valence-electron chi connectivity index (χ2n) is 5.09. The first-order valence-electron chi connectivity index (χ1n) is 6.56. The predicted molar refractivity (Wildman–Crippen MR) is 70.2 cm³/mol. The number of phenols is 1. The number of hydrogen-bond acceptors (Lipinski definition) is 4. The molecule has 1 atom stereocenters. The molecule has 1 unspecified atom stereocenters. The van der Waals surface area contributed by atoms with Crippen molar-refractivity contribution in [3.8, 4) is 11.5 Å². The molecule has 0 aliphatic heterocycles. The molecule has 1 amide bonds. The molecule has 0 bridgehead atoms. The maximum absolute atomic E-state index is 13.7. The Morgan fingerprint density at radius 2 is 2.19 bits per heavy atom. The van der Waals surface area contributed by atoms with Crippen molar-refractivity contribution in [2.24, 2.45) is 5.92 Å². The van der Waals surface area contributed by atoms with E-state index in [1.54, 1.807) is 0 Å². The van der Waals surface area contributed by atoms with Crippen LogP contribution in [0.1, 0.15) is 18.4 Å². The maximum atomic E-state index is 13.7. The standard InChI is InChI=1S/C14H17F2NO4/c1-21-11-6-8(2-5-10(11)18)7-17-13(20)14(15,16)12(19)9-3-4-9/h2,5-6,9,12,18-19H,3-4,7H2,1H3,(H,17,20). The molecular formula is C14H17F2NO4. The largest absolute Gasteiger partial charge is 0.504 e. The summed E-state index contributed by atoms with van der Waals surface area (Å²) in [4.78, 5) is 11.5. The number of nitrogens with one attached hydrogen (secondary N) is 1. The van der Waals surface area contributed by atoms with Crippen molar-refractivity contribution >= 4 is 5.91 Å². The van der Waals surface area contributed by atoms with Crippen molar-refractivity contribution < 1.29 is 28.5 Å². The Morgan fingerprint density at radius 3 is 2.76 bits per heavy atom. The number of hydrogen-bond donors (Lipinski definition) is 3. The lowest BCUT2D eigenvalue weighted by molar-refractivity contribution is -0.165. The van der Waals surface area contributed by atoms with E-state index in [0.717, 1.165) is 0 Å². The normalized spacial score (nSPS) is 16.4. The molecule has 1 aliphatic rings. The van der Waals surface area contributed by atoms with Crippen LogP contribution in [-0.2, 0) is 11.3 Å². The molecule has 0 heterocycles. The van der Waals surface area contributed by atoms with Gasteiger partial charge in [-0.05, 0) is 36.5 Å². The van der Waals surface area contributed by atoms with E-state index in [-0.39, 0.29) is 18.0 Å². The van der Waals surface area contributed by atoms with Crippen molar-refractivity contribution in [1.29, 1.82) is 0 Å². The SMILES string of the molecule is COc1cc(CNC(=O)C(F)(F)C(O)C2CC2)ccc1O. The van der Waals surface area contributed by atoms with E-state index in [0.29, 0.717) is 18.4 Å². The number of benzene rings is 1. The number of carbonyl (C=O) groups is 1. The van der Waals surface area contributed by atoms with Gasteiger partial charge in [0.1, 0.15) is 6.10 Å². The van der Waals surface area contributed by atoms with Crippen LogP contribution < -0.4 is 10.1 Å². The summed E-state index contributed by atoms with van der Waals surface area (Å²) in [6, 6.07) is 4.26. The Kier molecular flexibility index (Phi) is 4.32. The lowest BCUT2D eigenvalue weighted by Gasteiger charge is -2.21. The van der Waals surface area contributed by atoms with E-state index in [1.807, 2.05) is 0 Å². The third kappa shape index (κ3) is 3.41. The van der Waals surface area contributed by atoms with E-state index >= 15 is 0 Å². The highest BCUT2D eigenvalue weighted by atomic mass is 19.3. The summed E-state index contributed by atoms with van der Waals surface area (Å²) in [5, 5.41) is 20.9. The molecule has 0 spiro atoms. The highest BCUT2D eigenvalue weighted by Crippen LogP contribution is 2.39. The van der Waals surface area contributed by atoms with Gasteiger partial charge >= 0.3 is 5.92 Å². The van der Waals surface area contributed by atoms with Gasteiger partial charge in [0.25, 0.3) is 5.91 Å². The van der Waals surface area contributed by atoms with Crippen LogP contribution in [0.25, 0.3) is 0 Å². The Morgan fingerprint density at radius 1 is 1.52 bits per heavy atom. The summed E-state index contributed by atoms with van der Waals surface area (Å²) in [7, 11) is 1.36. The van der Waals surface area contributed by atoms with Gasteiger partial charge in [0.2, 0.25) is 0 Å². The molecule has 1 saturated carbocycles. The number of aliphatic hydroxyl groups is 1. The van der Waals surface area contributed by atoms with Crippen molar-refractivity contribution in [1.82, 2.24) is 5.32 Å². The van der Waals surface area contributed by atoms with Gasteiger partial charge in [-0.1, -0.05) is 6.07 Å². The first-order valence-corrected chi connectivity index (χ1v) is 6.56. The quantitative estimate of drug-likeness (QED) is 0.742. The summed E-state index contributed by atoms with van der Waals surface area (Å²) in [6.45, 7) is -0.150. The minimum absolute atomic E-state index is 0.0814. The second-order valence-corrected chi connectivity index (χ2v) is 5.09. The molecule has 116 valence electrons. The van der Waals surface area contributed by atoms with Gasteiger partial charge in [-0.15, -0.1) is 0 Å². The van der Waals surface area contributed by atoms with Crippen molar-refractivity contribution in [3.05, 3.63) is 23.8 Å². The van der Waals surface area contributed by atoms with Gasteiger partial charge in [0, 0.05) is 6.54 Å².